The Kier molecular flexibility index (Phi) is 6.79. The summed E-state index contributed by atoms with van der Waals surface area (Å²) in [5, 5.41) is 7.35. The van der Waals surface area contributed by atoms with Crippen molar-refractivity contribution in [1.82, 2.24) is 14.3 Å². The molecule has 35 heavy (non-hydrogen) atoms. The van der Waals surface area contributed by atoms with Crippen LogP contribution in [0.3, 0.4) is 0 Å². The van der Waals surface area contributed by atoms with Crippen LogP contribution in [0.2, 0.25) is 0 Å². The summed E-state index contributed by atoms with van der Waals surface area (Å²) in [4.78, 5) is 20.8. The summed E-state index contributed by atoms with van der Waals surface area (Å²) in [6.07, 6.45) is 2.80. The van der Waals surface area contributed by atoms with E-state index >= 15 is 0 Å². The van der Waals surface area contributed by atoms with Gasteiger partial charge in [-0.3, -0.25) is 4.40 Å². The molecule has 1 N–H and O–H groups in total. The number of fused-ring (bicyclic) bond motifs is 2. The Morgan fingerprint density at radius 3 is 2.69 bits per heavy atom. The highest BCUT2D eigenvalue weighted by Crippen LogP contribution is 2.25. The van der Waals surface area contributed by atoms with Crippen LogP contribution >= 0.6 is 11.3 Å². The van der Waals surface area contributed by atoms with E-state index < -0.39 is 0 Å². The first-order chi connectivity index (χ1) is 17.1. The summed E-state index contributed by atoms with van der Waals surface area (Å²) < 4.78 is 7.41. The summed E-state index contributed by atoms with van der Waals surface area (Å²) in [5.74, 6) is 0. The minimum absolute atomic E-state index is 0.129. The number of methoxy groups -OCH3 is 1. The summed E-state index contributed by atoms with van der Waals surface area (Å²) in [7, 11) is 1.65. The van der Waals surface area contributed by atoms with E-state index in [-0.39, 0.29) is 6.03 Å². The monoisotopic (exact) mass is 484 g/mol. The highest BCUT2D eigenvalue weighted by atomic mass is 32.1. The van der Waals surface area contributed by atoms with E-state index in [2.05, 4.69) is 52.5 Å². The SMILES string of the molecule is COCCN(CCc1csc2nc(-c3ccc(C)cc3)cn12)C(=O)Nc1cccc2ccccc12. The van der Waals surface area contributed by atoms with Gasteiger partial charge in [0.15, 0.2) is 4.96 Å². The molecule has 2 amide bonds. The van der Waals surface area contributed by atoms with Crippen LogP contribution < -0.4 is 5.32 Å². The number of thiazole rings is 1. The number of nitrogens with one attached hydrogen (secondary N) is 1. The van der Waals surface area contributed by atoms with E-state index in [0.29, 0.717) is 19.7 Å². The van der Waals surface area contributed by atoms with Gasteiger partial charge in [0.25, 0.3) is 0 Å². The molecule has 0 saturated carbocycles. The van der Waals surface area contributed by atoms with Crippen molar-refractivity contribution in [3.63, 3.8) is 0 Å². The van der Waals surface area contributed by atoms with Gasteiger partial charge in [0, 0.05) is 54.8 Å². The van der Waals surface area contributed by atoms with E-state index in [1.807, 2.05) is 47.4 Å². The van der Waals surface area contributed by atoms with Crippen molar-refractivity contribution in [3.8, 4) is 11.3 Å². The fourth-order valence-electron chi connectivity index (χ4n) is 4.17. The zero-order valence-corrected chi connectivity index (χ0v) is 20.7. The predicted molar refractivity (Wildman–Crippen MR) is 143 cm³/mol. The average Bonchev–Trinajstić information content (AvgIpc) is 3.46. The molecule has 5 aromatic rings. The highest BCUT2D eigenvalue weighted by molar-refractivity contribution is 7.15. The van der Waals surface area contributed by atoms with E-state index in [4.69, 9.17) is 9.72 Å². The van der Waals surface area contributed by atoms with Gasteiger partial charge in [-0.05, 0) is 18.4 Å². The second kappa shape index (κ2) is 10.3. The van der Waals surface area contributed by atoms with Gasteiger partial charge in [-0.1, -0.05) is 66.2 Å². The van der Waals surface area contributed by atoms with Gasteiger partial charge in [0.2, 0.25) is 0 Å². The van der Waals surface area contributed by atoms with Crippen LogP contribution in [-0.2, 0) is 11.2 Å². The number of imidazole rings is 1. The summed E-state index contributed by atoms with van der Waals surface area (Å²) in [6, 6.07) is 22.3. The van der Waals surface area contributed by atoms with Gasteiger partial charge in [0.05, 0.1) is 18.0 Å². The molecule has 178 valence electrons. The summed E-state index contributed by atoms with van der Waals surface area (Å²) in [5.41, 5.74) is 5.24. The molecular weight excluding hydrogens is 456 g/mol. The third kappa shape index (κ3) is 5.06. The Hall–Kier alpha value is -3.68. The topological polar surface area (TPSA) is 58.9 Å². The maximum atomic E-state index is 13.2. The third-order valence-electron chi connectivity index (χ3n) is 6.15. The van der Waals surface area contributed by atoms with Crippen LogP contribution in [0.1, 0.15) is 11.3 Å². The first-order valence-corrected chi connectivity index (χ1v) is 12.6. The zero-order valence-electron chi connectivity index (χ0n) is 19.9. The van der Waals surface area contributed by atoms with E-state index in [1.165, 1.54) is 5.56 Å². The Morgan fingerprint density at radius 2 is 1.86 bits per heavy atom. The second-order valence-corrected chi connectivity index (χ2v) is 9.40. The fourth-order valence-corrected chi connectivity index (χ4v) is 5.07. The van der Waals surface area contributed by atoms with Crippen molar-refractivity contribution in [1.29, 1.82) is 0 Å². The lowest BCUT2D eigenvalue weighted by atomic mass is 10.1. The molecule has 3 aromatic carbocycles. The number of hydrogen-bond donors (Lipinski definition) is 1. The lowest BCUT2D eigenvalue weighted by Gasteiger charge is -2.23. The molecule has 0 spiro atoms. The minimum Gasteiger partial charge on any atom is -0.383 e. The molecular formula is C28H28N4O2S. The smallest absolute Gasteiger partial charge is 0.321 e. The molecule has 5 rings (SSSR count). The summed E-state index contributed by atoms with van der Waals surface area (Å²) in [6.45, 7) is 3.65. The fraction of sp³-hybridized carbons (Fsp3) is 0.214. The van der Waals surface area contributed by atoms with Crippen molar-refractivity contribution >= 4 is 38.8 Å². The number of carbonyl (C=O) groups excluding carboxylic acids is 1. The number of aryl methyl sites for hydroxylation is 1. The molecule has 0 aliphatic heterocycles. The summed E-state index contributed by atoms with van der Waals surface area (Å²) >= 11 is 1.62. The van der Waals surface area contributed by atoms with Crippen LogP contribution in [0.25, 0.3) is 27.0 Å². The predicted octanol–water partition coefficient (Wildman–Crippen LogP) is 6.25. The van der Waals surface area contributed by atoms with Gasteiger partial charge < -0.3 is 15.0 Å². The number of rotatable bonds is 8. The van der Waals surface area contributed by atoms with E-state index in [9.17, 15) is 4.79 Å². The first-order valence-electron chi connectivity index (χ1n) is 11.7. The zero-order chi connectivity index (χ0) is 24.2. The van der Waals surface area contributed by atoms with Crippen LogP contribution in [-0.4, -0.2) is 47.1 Å². The number of amides is 2. The van der Waals surface area contributed by atoms with Gasteiger partial charge >= 0.3 is 6.03 Å². The maximum absolute atomic E-state index is 13.2. The van der Waals surface area contributed by atoms with Crippen molar-refractivity contribution < 1.29 is 9.53 Å². The second-order valence-electron chi connectivity index (χ2n) is 8.56. The van der Waals surface area contributed by atoms with Crippen molar-refractivity contribution in [2.45, 2.75) is 13.3 Å². The third-order valence-corrected chi connectivity index (χ3v) is 7.04. The molecule has 0 fully saturated rings. The van der Waals surface area contributed by atoms with E-state index in [0.717, 1.165) is 44.8 Å². The lowest BCUT2D eigenvalue weighted by molar-refractivity contribution is 0.155. The normalized spacial score (nSPS) is 11.3. The van der Waals surface area contributed by atoms with Gasteiger partial charge in [-0.2, -0.15) is 0 Å². The molecule has 0 aliphatic rings. The number of urea groups is 1. The van der Waals surface area contributed by atoms with Crippen LogP contribution in [0.15, 0.2) is 78.3 Å². The molecule has 0 saturated heterocycles. The maximum Gasteiger partial charge on any atom is 0.321 e. The van der Waals surface area contributed by atoms with E-state index in [1.54, 1.807) is 18.4 Å². The minimum atomic E-state index is -0.129. The molecule has 7 heteroatoms. The van der Waals surface area contributed by atoms with Crippen molar-refractivity contribution in [2.24, 2.45) is 0 Å². The molecule has 0 radical (unpaired) electrons. The number of ether oxygens (including phenoxy) is 1. The number of aromatic nitrogens is 2. The van der Waals surface area contributed by atoms with Crippen LogP contribution in [0, 0.1) is 6.92 Å². The Bertz CT molecular complexity index is 1450. The number of nitrogens with zero attached hydrogens (tertiary/aromatic N) is 3. The van der Waals surface area contributed by atoms with Crippen molar-refractivity contribution in [2.75, 3.05) is 32.1 Å². The number of benzene rings is 3. The van der Waals surface area contributed by atoms with Crippen molar-refractivity contribution in [3.05, 3.63) is 89.6 Å². The largest absolute Gasteiger partial charge is 0.383 e. The Morgan fingerprint density at radius 1 is 1.06 bits per heavy atom. The Balaban J connectivity index is 1.32. The first kappa shape index (κ1) is 23.1. The van der Waals surface area contributed by atoms with Crippen LogP contribution in [0.4, 0.5) is 10.5 Å². The highest BCUT2D eigenvalue weighted by Gasteiger charge is 2.17. The molecule has 2 heterocycles. The average molecular weight is 485 g/mol. The quantitative estimate of drug-likeness (QED) is 0.283. The van der Waals surface area contributed by atoms with Crippen LogP contribution in [0.5, 0.6) is 0 Å². The molecule has 0 unspecified atom stereocenters. The molecule has 0 atom stereocenters. The Labute approximate surface area is 208 Å². The van der Waals surface area contributed by atoms with Gasteiger partial charge in [-0.15, -0.1) is 11.3 Å². The number of carbonyl (C=O) groups is 1. The molecule has 2 aromatic heterocycles. The van der Waals surface area contributed by atoms with Gasteiger partial charge in [-0.25, -0.2) is 9.78 Å². The van der Waals surface area contributed by atoms with Gasteiger partial charge in [0.1, 0.15) is 0 Å². The molecule has 0 aliphatic carbocycles. The number of hydrogen-bond acceptors (Lipinski definition) is 4. The number of anilines is 1. The lowest BCUT2D eigenvalue weighted by Crippen LogP contribution is -2.38. The molecule has 0 bridgehead atoms. The standard InChI is InChI=1S/C28H28N4O2S/c1-20-10-12-22(13-11-20)26-18-32-23(19-35-28(32)30-26)14-15-31(16-17-34-2)27(33)29-25-9-5-7-21-6-3-4-8-24(21)25/h3-13,18-19H,14-17H2,1-2H3,(H,29,33). The molecule has 6 nitrogen and oxygen atoms in total.